The first kappa shape index (κ1) is 15.1. The molecule has 0 amide bonds. The lowest BCUT2D eigenvalue weighted by Gasteiger charge is -2.13. The number of rotatable bonds is 7. The second-order valence-corrected chi connectivity index (χ2v) is 5.71. The van der Waals surface area contributed by atoms with Gasteiger partial charge >= 0.3 is 0 Å². The minimum Gasteiger partial charge on any atom is -0.494 e. The number of halogens is 1. The molecule has 0 aromatic heterocycles. The third-order valence-corrected chi connectivity index (χ3v) is 3.94. The first-order valence-electron chi connectivity index (χ1n) is 6.92. The molecule has 0 spiro atoms. The van der Waals surface area contributed by atoms with E-state index in [4.69, 9.17) is 10.5 Å². The monoisotopic (exact) mass is 333 g/mol. The van der Waals surface area contributed by atoms with Crippen molar-refractivity contribution in [2.75, 3.05) is 6.61 Å². The molecule has 1 unspecified atom stereocenters. The smallest absolute Gasteiger partial charge is 0.119 e. The molecule has 0 saturated heterocycles. The molecular weight excluding hydrogens is 314 g/mol. The fraction of sp³-hybridized carbons (Fsp3) is 0.294. The normalized spacial score (nSPS) is 12.1. The van der Waals surface area contributed by atoms with Crippen LogP contribution in [0, 0.1) is 0 Å². The van der Waals surface area contributed by atoms with Crippen molar-refractivity contribution in [1.82, 2.24) is 0 Å². The molecule has 2 rings (SSSR count). The summed E-state index contributed by atoms with van der Waals surface area (Å²) < 4.78 is 6.80. The van der Waals surface area contributed by atoms with Crippen molar-refractivity contribution >= 4 is 15.9 Å². The van der Waals surface area contributed by atoms with E-state index in [2.05, 4.69) is 28.1 Å². The highest BCUT2D eigenvalue weighted by atomic mass is 79.9. The van der Waals surface area contributed by atoms with Gasteiger partial charge in [-0.3, -0.25) is 0 Å². The van der Waals surface area contributed by atoms with Gasteiger partial charge < -0.3 is 10.5 Å². The Balaban J connectivity index is 1.68. The molecule has 0 aliphatic heterocycles. The van der Waals surface area contributed by atoms with Crippen LogP contribution in [0.2, 0.25) is 0 Å². The highest BCUT2D eigenvalue weighted by molar-refractivity contribution is 9.10. The lowest BCUT2D eigenvalue weighted by molar-refractivity contribution is 0.301. The largest absolute Gasteiger partial charge is 0.494 e. The molecule has 20 heavy (non-hydrogen) atoms. The van der Waals surface area contributed by atoms with Crippen LogP contribution in [0.25, 0.3) is 0 Å². The van der Waals surface area contributed by atoms with E-state index in [-0.39, 0.29) is 6.04 Å². The molecule has 3 heteroatoms. The predicted octanol–water partition coefficient (Wildman–Crippen LogP) is 4.18. The summed E-state index contributed by atoms with van der Waals surface area (Å²) in [5, 5.41) is 0. The van der Waals surface area contributed by atoms with Crippen LogP contribution < -0.4 is 10.5 Å². The van der Waals surface area contributed by atoms with Crippen molar-refractivity contribution in [3.8, 4) is 5.75 Å². The van der Waals surface area contributed by atoms with Gasteiger partial charge in [0.1, 0.15) is 5.75 Å². The summed E-state index contributed by atoms with van der Waals surface area (Å²) in [7, 11) is 0. The van der Waals surface area contributed by atoms with E-state index in [0.717, 1.165) is 29.5 Å². The SMILES string of the molecule is NC(CCCOc1ccccc1)Cc1ccccc1Br. The van der Waals surface area contributed by atoms with Gasteiger partial charge in [-0.15, -0.1) is 0 Å². The first-order chi connectivity index (χ1) is 9.75. The Morgan fingerprint density at radius 3 is 2.45 bits per heavy atom. The van der Waals surface area contributed by atoms with E-state index in [1.54, 1.807) is 0 Å². The number of para-hydroxylation sites is 1. The molecule has 2 nitrogen and oxygen atoms in total. The van der Waals surface area contributed by atoms with Gasteiger partial charge in [-0.1, -0.05) is 52.3 Å². The standard InChI is InChI=1S/C17H20BrNO/c18-17-11-5-4-7-14(17)13-15(19)8-6-12-20-16-9-2-1-3-10-16/h1-5,7,9-11,15H,6,8,12-13,19H2. The summed E-state index contributed by atoms with van der Waals surface area (Å²) in [6.07, 6.45) is 2.83. The number of ether oxygens (including phenoxy) is 1. The molecule has 2 aromatic rings. The predicted molar refractivity (Wildman–Crippen MR) is 87.0 cm³/mol. The van der Waals surface area contributed by atoms with Crippen molar-refractivity contribution < 1.29 is 4.74 Å². The molecule has 0 radical (unpaired) electrons. The minimum atomic E-state index is 0.174. The van der Waals surface area contributed by atoms with Crippen molar-refractivity contribution in [3.05, 3.63) is 64.6 Å². The van der Waals surface area contributed by atoms with E-state index in [1.807, 2.05) is 42.5 Å². The van der Waals surface area contributed by atoms with E-state index in [1.165, 1.54) is 5.56 Å². The van der Waals surface area contributed by atoms with Crippen molar-refractivity contribution in [2.24, 2.45) is 5.73 Å². The molecule has 0 saturated carbocycles. The molecule has 0 aliphatic carbocycles. The van der Waals surface area contributed by atoms with Crippen LogP contribution in [0.3, 0.4) is 0 Å². The zero-order chi connectivity index (χ0) is 14.2. The van der Waals surface area contributed by atoms with Gasteiger partial charge in [0.25, 0.3) is 0 Å². The summed E-state index contributed by atoms with van der Waals surface area (Å²) in [4.78, 5) is 0. The Labute approximate surface area is 129 Å². The maximum Gasteiger partial charge on any atom is 0.119 e. The van der Waals surface area contributed by atoms with Crippen molar-refractivity contribution in [3.63, 3.8) is 0 Å². The van der Waals surface area contributed by atoms with Gasteiger partial charge in [-0.05, 0) is 43.0 Å². The Morgan fingerprint density at radius 1 is 1.00 bits per heavy atom. The quantitative estimate of drug-likeness (QED) is 0.771. The maximum atomic E-state index is 6.18. The Hall–Kier alpha value is -1.32. The number of benzene rings is 2. The van der Waals surface area contributed by atoms with Gasteiger partial charge in [-0.2, -0.15) is 0 Å². The zero-order valence-electron chi connectivity index (χ0n) is 11.5. The molecule has 2 aromatic carbocycles. The fourth-order valence-corrected chi connectivity index (χ4v) is 2.55. The van der Waals surface area contributed by atoms with Gasteiger partial charge in [-0.25, -0.2) is 0 Å². The Bertz CT molecular complexity index is 515. The zero-order valence-corrected chi connectivity index (χ0v) is 13.1. The second-order valence-electron chi connectivity index (χ2n) is 4.86. The molecule has 0 fully saturated rings. The second kappa shape index (κ2) is 8.08. The molecular formula is C17H20BrNO. The molecule has 0 aliphatic rings. The van der Waals surface area contributed by atoms with Crippen molar-refractivity contribution in [1.29, 1.82) is 0 Å². The summed E-state index contributed by atoms with van der Waals surface area (Å²) in [5.41, 5.74) is 7.45. The average molecular weight is 334 g/mol. The lowest BCUT2D eigenvalue weighted by atomic mass is 10.0. The third-order valence-electron chi connectivity index (χ3n) is 3.17. The van der Waals surface area contributed by atoms with Crippen LogP contribution in [-0.2, 0) is 6.42 Å². The van der Waals surface area contributed by atoms with E-state index in [9.17, 15) is 0 Å². The van der Waals surface area contributed by atoms with Gasteiger partial charge in [0.15, 0.2) is 0 Å². The molecule has 0 bridgehead atoms. The summed E-state index contributed by atoms with van der Waals surface area (Å²) in [6, 6.07) is 18.3. The van der Waals surface area contributed by atoms with Crippen LogP contribution in [0.15, 0.2) is 59.1 Å². The van der Waals surface area contributed by atoms with Crippen molar-refractivity contribution in [2.45, 2.75) is 25.3 Å². The summed E-state index contributed by atoms with van der Waals surface area (Å²) in [5.74, 6) is 0.923. The van der Waals surface area contributed by atoms with E-state index < -0.39 is 0 Å². The number of nitrogens with two attached hydrogens (primary N) is 1. The average Bonchev–Trinajstić information content (AvgIpc) is 2.47. The van der Waals surface area contributed by atoms with Crippen LogP contribution in [0.1, 0.15) is 18.4 Å². The maximum absolute atomic E-state index is 6.18. The Kier molecular flexibility index (Phi) is 6.09. The molecule has 106 valence electrons. The molecule has 1 atom stereocenters. The van der Waals surface area contributed by atoms with E-state index in [0.29, 0.717) is 6.61 Å². The van der Waals surface area contributed by atoms with Crippen LogP contribution in [0.4, 0.5) is 0 Å². The highest BCUT2D eigenvalue weighted by Gasteiger charge is 2.06. The minimum absolute atomic E-state index is 0.174. The van der Waals surface area contributed by atoms with Gasteiger partial charge in [0, 0.05) is 10.5 Å². The first-order valence-corrected chi connectivity index (χ1v) is 7.72. The Morgan fingerprint density at radius 2 is 1.70 bits per heavy atom. The third kappa shape index (κ3) is 4.99. The fourth-order valence-electron chi connectivity index (χ4n) is 2.10. The summed E-state index contributed by atoms with van der Waals surface area (Å²) in [6.45, 7) is 0.716. The van der Waals surface area contributed by atoms with E-state index >= 15 is 0 Å². The molecule has 2 N–H and O–H groups in total. The van der Waals surface area contributed by atoms with Gasteiger partial charge in [0.05, 0.1) is 6.61 Å². The topological polar surface area (TPSA) is 35.2 Å². The summed E-state index contributed by atoms with van der Waals surface area (Å²) >= 11 is 3.56. The van der Waals surface area contributed by atoms with Crippen LogP contribution in [0.5, 0.6) is 5.75 Å². The number of hydrogen-bond donors (Lipinski definition) is 1. The van der Waals surface area contributed by atoms with Gasteiger partial charge in [0.2, 0.25) is 0 Å². The molecule has 0 heterocycles. The highest BCUT2D eigenvalue weighted by Crippen LogP contribution is 2.18. The van der Waals surface area contributed by atoms with Crippen LogP contribution >= 0.6 is 15.9 Å². The number of hydrogen-bond acceptors (Lipinski definition) is 2. The lowest BCUT2D eigenvalue weighted by Crippen LogP contribution is -2.23. The van der Waals surface area contributed by atoms with Crippen LogP contribution in [-0.4, -0.2) is 12.6 Å².